The van der Waals surface area contributed by atoms with Crippen LogP contribution in [0, 0.1) is 0 Å². The van der Waals surface area contributed by atoms with Crippen LogP contribution in [0.15, 0.2) is 109 Å². The van der Waals surface area contributed by atoms with Crippen LogP contribution in [0.25, 0.3) is 44.2 Å². The van der Waals surface area contributed by atoms with Gasteiger partial charge in [-0.15, -0.1) is 0 Å². The first-order valence-corrected chi connectivity index (χ1v) is 9.57. The van der Waals surface area contributed by atoms with Gasteiger partial charge in [-0.25, -0.2) is 0 Å². The molecule has 0 amide bonds. The molecule has 0 spiro atoms. The van der Waals surface area contributed by atoms with Gasteiger partial charge in [-0.05, 0) is 36.4 Å². The van der Waals surface area contributed by atoms with Crippen molar-refractivity contribution in [2.24, 2.45) is 0 Å². The van der Waals surface area contributed by atoms with Gasteiger partial charge in [-0.1, -0.05) is 72.8 Å². The zero-order valence-corrected chi connectivity index (χ0v) is 15.3. The number of nitrogens with zero attached hydrogens (tertiary/aromatic N) is 2. The van der Waals surface area contributed by atoms with E-state index in [4.69, 9.17) is 0 Å². The summed E-state index contributed by atoms with van der Waals surface area (Å²) in [6, 6.07) is 38.7. The zero-order valence-electron chi connectivity index (χ0n) is 15.3. The Morgan fingerprint density at radius 1 is 0.393 bits per heavy atom. The third kappa shape index (κ3) is 2.03. The minimum absolute atomic E-state index is 1.17. The highest BCUT2D eigenvalue weighted by Gasteiger charge is 2.21. The second kappa shape index (κ2) is 5.86. The Bertz CT molecular complexity index is 1330. The van der Waals surface area contributed by atoms with Crippen molar-refractivity contribution >= 4 is 32.8 Å². The molecule has 0 unspecified atom stereocenters. The van der Waals surface area contributed by atoms with Gasteiger partial charge in [0.05, 0.1) is 11.0 Å². The monoisotopic (exact) mass is 358 g/mol. The molecule has 28 heavy (non-hydrogen) atoms. The average Bonchev–Trinajstić information content (AvgIpc) is 3.27. The summed E-state index contributed by atoms with van der Waals surface area (Å²) in [5.41, 5.74) is 6.02. The lowest BCUT2D eigenvalue weighted by molar-refractivity contribution is 1.07. The van der Waals surface area contributed by atoms with Crippen LogP contribution in [-0.4, -0.2) is 9.13 Å². The van der Waals surface area contributed by atoms with Gasteiger partial charge < -0.3 is 0 Å². The van der Waals surface area contributed by atoms with E-state index in [0.29, 0.717) is 0 Å². The van der Waals surface area contributed by atoms with Gasteiger partial charge in [0, 0.05) is 27.5 Å². The average molecular weight is 358 g/mol. The Labute approximate surface area is 162 Å². The summed E-state index contributed by atoms with van der Waals surface area (Å²) in [7, 11) is 0. The van der Waals surface area contributed by atoms with E-state index in [1.807, 2.05) is 0 Å². The normalized spacial score (nSPS) is 11.6. The Kier molecular flexibility index (Phi) is 3.20. The molecule has 0 aliphatic carbocycles. The molecule has 6 aromatic rings. The highest BCUT2D eigenvalue weighted by molar-refractivity contribution is 6.22. The van der Waals surface area contributed by atoms with Crippen molar-refractivity contribution in [2.75, 3.05) is 0 Å². The molecule has 6 rings (SSSR count). The quantitative estimate of drug-likeness (QED) is 0.325. The lowest BCUT2D eigenvalue weighted by atomic mass is 10.1. The smallest absolute Gasteiger partial charge is 0.131 e. The Balaban J connectivity index is 1.93. The first-order valence-electron chi connectivity index (χ1n) is 9.57. The standard InChI is InChI=1S/C26H18N2/c1-3-11-19(12-4-1)27-23-17-9-7-15-21(23)25-22-16-8-10-18-24(22)28(26(25)27)20-13-5-2-6-14-20/h1-18H. The first-order chi connectivity index (χ1) is 13.9. The largest absolute Gasteiger partial charge is 0.295 e. The SMILES string of the molecule is c1ccc(-n2c3ccccc3c3c4ccccc4n(-c4ccccc4)c32)cc1. The lowest BCUT2D eigenvalue weighted by Gasteiger charge is -2.12. The number of fused-ring (bicyclic) bond motifs is 5. The molecule has 0 saturated carbocycles. The van der Waals surface area contributed by atoms with Crippen LogP contribution in [0.3, 0.4) is 0 Å². The number of benzene rings is 4. The van der Waals surface area contributed by atoms with Gasteiger partial charge in [0.1, 0.15) is 5.65 Å². The van der Waals surface area contributed by atoms with Gasteiger partial charge in [0.25, 0.3) is 0 Å². The molecule has 0 N–H and O–H groups in total. The summed E-state index contributed by atoms with van der Waals surface area (Å²) in [5, 5.41) is 3.87. The van der Waals surface area contributed by atoms with Crippen LogP contribution in [0.5, 0.6) is 0 Å². The van der Waals surface area contributed by atoms with Crippen LogP contribution in [0.4, 0.5) is 0 Å². The molecular formula is C26H18N2. The van der Waals surface area contributed by atoms with E-state index in [2.05, 4.69) is 118 Å². The number of rotatable bonds is 2. The number of aromatic nitrogens is 2. The Hall–Kier alpha value is -3.78. The van der Waals surface area contributed by atoms with Crippen molar-refractivity contribution in [2.45, 2.75) is 0 Å². The van der Waals surface area contributed by atoms with E-state index in [0.717, 1.165) is 0 Å². The molecule has 2 aromatic heterocycles. The minimum atomic E-state index is 1.17. The van der Waals surface area contributed by atoms with E-state index in [1.54, 1.807) is 0 Å². The molecule has 2 heteroatoms. The summed E-state index contributed by atoms with van der Waals surface area (Å²) in [6.07, 6.45) is 0. The van der Waals surface area contributed by atoms with Crippen LogP contribution >= 0.6 is 0 Å². The van der Waals surface area contributed by atoms with Crippen molar-refractivity contribution in [3.63, 3.8) is 0 Å². The molecule has 0 atom stereocenters. The minimum Gasteiger partial charge on any atom is -0.295 e. The molecule has 0 bridgehead atoms. The lowest BCUT2D eigenvalue weighted by Crippen LogP contribution is -2.01. The fourth-order valence-corrected chi connectivity index (χ4v) is 4.37. The predicted molar refractivity (Wildman–Crippen MR) is 118 cm³/mol. The number of hydrogen-bond donors (Lipinski definition) is 0. The van der Waals surface area contributed by atoms with Gasteiger partial charge in [0.15, 0.2) is 0 Å². The van der Waals surface area contributed by atoms with E-state index >= 15 is 0 Å². The van der Waals surface area contributed by atoms with E-state index < -0.39 is 0 Å². The Morgan fingerprint density at radius 3 is 1.25 bits per heavy atom. The van der Waals surface area contributed by atoms with Gasteiger partial charge in [-0.3, -0.25) is 9.13 Å². The highest BCUT2D eigenvalue weighted by Crippen LogP contribution is 2.40. The molecule has 2 nitrogen and oxygen atoms in total. The molecule has 0 saturated heterocycles. The fraction of sp³-hybridized carbons (Fsp3) is 0. The fourth-order valence-electron chi connectivity index (χ4n) is 4.37. The number of hydrogen-bond acceptors (Lipinski definition) is 0. The van der Waals surface area contributed by atoms with Crippen LogP contribution in [-0.2, 0) is 0 Å². The van der Waals surface area contributed by atoms with Crippen molar-refractivity contribution in [3.05, 3.63) is 109 Å². The molecule has 0 aliphatic heterocycles. The summed E-state index contributed by atoms with van der Waals surface area (Å²) in [6.45, 7) is 0. The Morgan fingerprint density at radius 2 is 0.786 bits per heavy atom. The predicted octanol–water partition coefficient (Wildman–Crippen LogP) is 6.73. The number of para-hydroxylation sites is 4. The van der Waals surface area contributed by atoms with Crippen LogP contribution in [0.2, 0.25) is 0 Å². The molecule has 4 aromatic carbocycles. The third-order valence-electron chi connectivity index (χ3n) is 5.50. The molecule has 0 radical (unpaired) electrons. The maximum atomic E-state index is 2.39. The second-order valence-electron chi connectivity index (χ2n) is 7.07. The van der Waals surface area contributed by atoms with Crippen LogP contribution < -0.4 is 0 Å². The molecule has 0 aliphatic rings. The summed E-state index contributed by atoms with van der Waals surface area (Å²) in [5.74, 6) is 0. The molecule has 0 fully saturated rings. The first kappa shape index (κ1) is 15.3. The topological polar surface area (TPSA) is 9.86 Å². The van der Waals surface area contributed by atoms with Gasteiger partial charge >= 0.3 is 0 Å². The molecule has 2 heterocycles. The van der Waals surface area contributed by atoms with Crippen molar-refractivity contribution < 1.29 is 0 Å². The summed E-state index contributed by atoms with van der Waals surface area (Å²) >= 11 is 0. The van der Waals surface area contributed by atoms with Crippen molar-refractivity contribution in [1.29, 1.82) is 0 Å². The van der Waals surface area contributed by atoms with Crippen LogP contribution in [0.1, 0.15) is 0 Å². The highest BCUT2D eigenvalue weighted by atomic mass is 15.1. The van der Waals surface area contributed by atoms with Crippen molar-refractivity contribution in [3.8, 4) is 11.4 Å². The second-order valence-corrected chi connectivity index (χ2v) is 7.07. The van der Waals surface area contributed by atoms with Crippen molar-refractivity contribution in [1.82, 2.24) is 9.13 Å². The van der Waals surface area contributed by atoms with E-state index in [-0.39, 0.29) is 0 Å². The van der Waals surface area contributed by atoms with E-state index in [9.17, 15) is 0 Å². The molecular weight excluding hydrogens is 340 g/mol. The summed E-state index contributed by atoms with van der Waals surface area (Å²) in [4.78, 5) is 0. The summed E-state index contributed by atoms with van der Waals surface area (Å²) < 4.78 is 4.77. The van der Waals surface area contributed by atoms with Gasteiger partial charge in [0.2, 0.25) is 0 Å². The third-order valence-corrected chi connectivity index (χ3v) is 5.50. The maximum absolute atomic E-state index is 2.39. The van der Waals surface area contributed by atoms with E-state index in [1.165, 1.54) is 44.2 Å². The maximum Gasteiger partial charge on any atom is 0.131 e. The zero-order chi connectivity index (χ0) is 18.5. The van der Waals surface area contributed by atoms with Gasteiger partial charge in [-0.2, -0.15) is 0 Å². The molecule has 132 valence electrons.